The average molecular weight is 459 g/mol. The molecule has 0 bridgehead atoms. The quantitative estimate of drug-likeness (QED) is 0.297. The third kappa shape index (κ3) is 6.34. The van der Waals surface area contributed by atoms with Gasteiger partial charge in [0.25, 0.3) is 0 Å². The van der Waals surface area contributed by atoms with Gasteiger partial charge in [-0.1, -0.05) is 22.8 Å². The third-order valence-electron chi connectivity index (χ3n) is 4.94. The molecule has 170 valence electrons. The van der Waals surface area contributed by atoms with E-state index in [-0.39, 0.29) is 12.2 Å². The van der Waals surface area contributed by atoms with Gasteiger partial charge in [-0.25, -0.2) is 14.4 Å². The van der Waals surface area contributed by atoms with Gasteiger partial charge in [-0.2, -0.15) is 5.10 Å². The summed E-state index contributed by atoms with van der Waals surface area (Å²) in [6, 6.07) is 5.23. The molecule has 0 fully saturated rings. The Morgan fingerprint density at radius 2 is 2.00 bits per heavy atom. The van der Waals surface area contributed by atoms with Crippen LogP contribution in [-0.4, -0.2) is 58.0 Å². The Labute approximate surface area is 192 Å². The van der Waals surface area contributed by atoms with Crippen LogP contribution in [0.5, 0.6) is 0 Å². The molecule has 32 heavy (non-hydrogen) atoms. The number of aryl methyl sites for hydroxylation is 2. The predicted molar refractivity (Wildman–Crippen MR) is 124 cm³/mol. The zero-order valence-corrected chi connectivity index (χ0v) is 19.8. The van der Waals surface area contributed by atoms with Gasteiger partial charge in [0, 0.05) is 36.8 Å². The maximum atomic E-state index is 14.9. The maximum absolute atomic E-state index is 14.9. The molecule has 0 radical (unpaired) electrons. The summed E-state index contributed by atoms with van der Waals surface area (Å²) < 4.78 is 14.9. The first-order chi connectivity index (χ1) is 15.2. The van der Waals surface area contributed by atoms with Gasteiger partial charge < -0.3 is 9.74 Å². The van der Waals surface area contributed by atoms with Crippen molar-refractivity contribution in [2.45, 2.75) is 33.6 Å². The Bertz CT molecular complexity index is 1110. The molecule has 0 aliphatic carbocycles. The topological polar surface area (TPSA) is 79.3 Å². The molecule has 0 unspecified atom stereocenters. The van der Waals surface area contributed by atoms with Crippen molar-refractivity contribution in [2.75, 3.05) is 27.2 Å². The highest BCUT2D eigenvalue weighted by molar-refractivity contribution is 6.31. The molecule has 0 spiro atoms. The molecule has 3 aromatic rings. The second kappa shape index (κ2) is 10.7. The van der Waals surface area contributed by atoms with Gasteiger partial charge in [0.05, 0.1) is 22.1 Å². The van der Waals surface area contributed by atoms with E-state index in [9.17, 15) is 4.39 Å². The number of nitrogens with one attached hydrogen (secondary N) is 1. The monoisotopic (exact) mass is 458 g/mol. The second-order valence-electron chi connectivity index (χ2n) is 8.05. The summed E-state index contributed by atoms with van der Waals surface area (Å²) in [7, 11) is 3.92. The van der Waals surface area contributed by atoms with Crippen molar-refractivity contribution < 1.29 is 9.23 Å². The van der Waals surface area contributed by atoms with Gasteiger partial charge >= 0.3 is 0 Å². The van der Waals surface area contributed by atoms with Crippen LogP contribution in [0.4, 0.5) is 4.39 Å². The van der Waals surface area contributed by atoms with Crippen molar-refractivity contribution in [3.8, 4) is 0 Å². The van der Waals surface area contributed by atoms with E-state index in [1.54, 1.807) is 12.3 Å². The first-order valence-corrected chi connectivity index (χ1v) is 10.7. The minimum atomic E-state index is -0.337. The Balaban J connectivity index is 1.76. The molecule has 2 heterocycles. The van der Waals surface area contributed by atoms with Crippen LogP contribution in [0.2, 0.25) is 5.02 Å². The van der Waals surface area contributed by atoms with Crippen molar-refractivity contribution in [1.82, 2.24) is 25.1 Å². The fourth-order valence-corrected chi connectivity index (χ4v) is 3.40. The van der Waals surface area contributed by atoms with E-state index in [2.05, 4.69) is 25.3 Å². The fourth-order valence-electron chi connectivity index (χ4n) is 3.24. The van der Waals surface area contributed by atoms with Crippen LogP contribution < -0.4 is 0 Å². The Kier molecular flexibility index (Phi) is 7.93. The van der Waals surface area contributed by atoms with Gasteiger partial charge in [-0.05, 0) is 58.1 Å². The van der Waals surface area contributed by atoms with Gasteiger partial charge in [-0.3, -0.25) is 5.10 Å². The molecule has 3 rings (SSSR count). The zero-order valence-electron chi connectivity index (χ0n) is 19.0. The standard InChI is InChI=1S/C23H28ClFN6O/c1-14-8-17(21(25)12-19(14)16(3)30-32-7-6-31(4)5)10-23-26-13-20(24)22(27-23)11-18-9-15(2)28-29-18/h8-9,12-13H,6-7,10-11H2,1-5H3,(H,28,29)/b30-16+. The normalized spacial score (nSPS) is 11.9. The van der Waals surface area contributed by atoms with Crippen LogP contribution in [0.15, 0.2) is 29.6 Å². The molecule has 7 nitrogen and oxygen atoms in total. The minimum absolute atomic E-state index is 0.256. The third-order valence-corrected chi connectivity index (χ3v) is 5.25. The first-order valence-electron chi connectivity index (χ1n) is 10.3. The second-order valence-corrected chi connectivity index (χ2v) is 8.46. The van der Waals surface area contributed by atoms with Gasteiger partial charge in [0.1, 0.15) is 18.2 Å². The maximum Gasteiger partial charge on any atom is 0.133 e. The highest BCUT2D eigenvalue weighted by Gasteiger charge is 2.14. The molecule has 0 amide bonds. The van der Waals surface area contributed by atoms with Gasteiger partial charge in [0.15, 0.2) is 0 Å². The van der Waals surface area contributed by atoms with Crippen LogP contribution in [0.1, 0.15) is 46.5 Å². The largest absolute Gasteiger partial charge is 0.394 e. The molecular formula is C23H28ClFN6O. The number of aromatic nitrogens is 4. The lowest BCUT2D eigenvalue weighted by Gasteiger charge is -2.11. The molecule has 0 saturated heterocycles. The van der Waals surface area contributed by atoms with E-state index in [0.717, 1.165) is 23.5 Å². The highest BCUT2D eigenvalue weighted by atomic mass is 35.5. The number of likely N-dealkylation sites (N-methyl/N-ethyl adjacent to an activating group) is 1. The number of hydrogen-bond donors (Lipinski definition) is 1. The molecule has 0 atom stereocenters. The summed E-state index contributed by atoms with van der Waals surface area (Å²) in [5.74, 6) is 0.164. The van der Waals surface area contributed by atoms with Gasteiger partial charge in [-0.15, -0.1) is 0 Å². The van der Waals surface area contributed by atoms with Crippen molar-refractivity contribution in [2.24, 2.45) is 5.16 Å². The number of halogens is 2. The molecular weight excluding hydrogens is 431 g/mol. The Morgan fingerprint density at radius 3 is 2.69 bits per heavy atom. The summed E-state index contributed by atoms with van der Waals surface area (Å²) >= 11 is 6.27. The highest BCUT2D eigenvalue weighted by Crippen LogP contribution is 2.21. The van der Waals surface area contributed by atoms with Crippen molar-refractivity contribution >= 4 is 17.3 Å². The van der Waals surface area contributed by atoms with Crippen LogP contribution in [-0.2, 0) is 17.7 Å². The van der Waals surface area contributed by atoms with E-state index in [1.165, 1.54) is 6.07 Å². The lowest BCUT2D eigenvalue weighted by Crippen LogP contribution is -2.17. The number of oxime groups is 1. The number of rotatable bonds is 9. The Morgan fingerprint density at radius 1 is 1.22 bits per heavy atom. The van der Waals surface area contributed by atoms with E-state index in [4.69, 9.17) is 16.4 Å². The molecule has 9 heteroatoms. The summed E-state index contributed by atoms with van der Waals surface area (Å²) in [4.78, 5) is 16.2. The van der Waals surface area contributed by atoms with E-state index in [1.807, 2.05) is 45.8 Å². The number of benzene rings is 1. The number of hydrogen-bond acceptors (Lipinski definition) is 6. The number of nitrogens with zero attached hydrogens (tertiary/aromatic N) is 5. The molecule has 0 aliphatic rings. The van der Waals surface area contributed by atoms with Crippen molar-refractivity contribution in [3.05, 3.63) is 74.8 Å². The van der Waals surface area contributed by atoms with Crippen LogP contribution in [0.3, 0.4) is 0 Å². The molecule has 2 aromatic heterocycles. The number of H-pyrrole nitrogens is 1. The van der Waals surface area contributed by atoms with Crippen molar-refractivity contribution in [3.63, 3.8) is 0 Å². The minimum Gasteiger partial charge on any atom is -0.394 e. The summed E-state index contributed by atoms with van der Waals surface area (Å²) in [5, 5.41) is 11.7. The summed E-state index contributed by atoms with van der Waals surface area (Å²) in [6.45, 7) is 6.89. The summed E-state index contributed by atoms with van der Waals surface area (Å²) in [6.07, 6.45) is 2.29. The lowest BCUT2D eigenvalue weighted by molar-refractivity contribution is 0.126. The SMILES string of the molecule is C/C(=N\OCCN(C)C)c1cc(F)c(Cc2ncc(Cl)c(Cc3cc(C)[nH]n3)n2)cc1C. The predicted octanol–water partition coefficient (Wildman–Crippen LogP) is 4.09. The average Bonchev–Trinajstić information content (AvgIpc) is 3.14. The zero-order chi connectivity index (χ0) is 23.3. The van der Waals surface area contributed by atoms with Gasteiger partial charge in [0.2, 0.25) is 0 Å². The van der Waals surface area contributed by atoms with Crippen LogP contribution in [0.25, 0.3) is 0 Å². The first kappa shape index (κ1) is 23.8. The van der Waals surface area contributed by atoms with Crippen LogP contribution in [0, 0.1) is 19.7 Å². The fraction of sp³-hybridized carbons (Fsp3) is 0.391. The van der Waals surface area contributed by atoms with Crippen molar-refractivity contribution in [1.29, 1.82) is 0 Å². The molecule has 1 N–H and O–H groups in total. The molecule has 0 saturated carbocycles. The van der Waals surface area contributed by atoms with E-state index >= 15 is 0 Å². The summed E-state index contributed by atoms with van der Waals surface area (Å²) in [5.41, 5.74) is 5.22. The molecule has 1 aromatic carbocycles. The smallest absolute Gasteiger partial charge is 0.133 e. The lowest BCUT2D eigenvalue weighted by atomic mass is 9.99. The van der Waals surface area contributed by atoms with Crippen LogP contribution >= 0.6 is 11.6 Å². The number of aromatic amines is 1. The van der Waals surface area contributed by atoms with E-state index in [0.29, 0.717) is 46.4 Å². The Hall–Kier alpha value is -2.84. The van der Waals surface area contributed by atoms with E-state index < -0.39 is 0 Å². The molecule has 0 aliphatic heterocycles.